The Hall–Kier alpha value is -1.72. The van der Waals surface area contributed by atoms with Gasteiger partial charge in [-0.15, -0.1) is 0 Å². The van der Waals surface area contributed by atoms with E-state index in [0.29, 0.717) is 0 Å². The number of anilines is 2. The van der Waals surface area contributed by atoms with Crippen molar-refractivity contribution in [1.29, 1.82) is 0 Å². The highest BCUT2D eigenvalue weighted by Crippen LogP contribution is 2.12. The van der Waals surface area contributed by atoms with Crippen molar-refractivity contribution in [2.75, 3.05) is 25.2 Å². The number of aromatic nitrogens is 2. The van der Waals surface area contributed by atoms with Crippen molar-refractivity contribution in [1.82, 2.24) is 9.55 Å². The summed E-state index contributed by atoms with van der Waals surface area (Å²) in [6.07, 6.45) is 0. The number of ether oxygens (including phenoxy) is 1. The molecule has 0 saturated heterocycles. The Morgan fingerprint density at radius 3 is 2.69 bits per heavy atom. The first-order valence-electron chi connectivity index (χ1n) is 3.70. The quantitative estimate of drug-likeness (QED) is 0.642. The third-order valence-corrected chi connectivity index (χ3v) is 1.71. The maximum absolute atomic E-state index is 11.5. The van der Waals surface area contributed by atoms with E-state index in [1.54, 1.807) is 14.1 Å². The summed E-state index contributed by atoms with van der Waals surface area (Å²) in [4.78, 5) is 15.4. The van der Waals surface area contributed by atoms with Crippen molar-refractivity contribution < 1.29 is 4.74 Å². The lowest BCUT2D eigenvalue weighted by atomic mass is 10.4. The van der Waals surface area contributed by atoms with Crippen LogP contribution in [0.15, 0.2) is 4.79 Å². The first-order chi connectivity index (χ1) is 6.11. The summed E-state index contributed by atoms with van der Waals surface area (Å²) in [6, 6.07) is 0.196. The van der Waals surface area contributed by atoms with E-state index in [4.69, 9.17) is 10.5 Å². The number of nitrogens with two attached hydrogens (primary N) is 1. The Morgan fingerprint density at radius 2 is 2.23 bits per heavy atom. The van der Waals surface area contributed by atoms with Crippen molar-refractivity contribution in [2.24, 2.45) is 7.05 Å². The molecule has 0 bridgehead atoms. The van der Waals surface area contributed by atoms with Crippen molar-refractivity contribution >= 4 is 11.5 Å². The lowest BCUT2D eigenvalue weighted by Gasteiger charge is -2.09. The molecule has 1 aromatic rings. The first kappa shape index (κ1) is 9.37. The molecule has 6 heteroatoms. The van der Waals surface area contributed by atoms with Crippen molar-refractivity contribution in [2.45, 2.75) is 0 Å². The van der Waals surface area contributed by atoms with Crippen molar-refractivity contribution in [3.8, 4) is 6.01 Å². The molecule has 6 nitrogen and oxygen atoms in total. The minimum Gasteiger partial charge on any atom is -0.468 e. The molecule has 0 amide bonds. The van der Waals surface area contributed by atoms with Crippen molar-refractivity contribution in [3.05, 3.63) is 10.4 Å². The van der Waals surface area contributed by atoms with Gasteiger partial charge in [-0.1, -0.05) is 0 Å². The zero-order valence-corrected chi connectivity index (χ0v) is 7.79. The molecule has 1 rings (SSSR count). The number of nitrogens with zero attached hydrogens (tertiary/aromatic N) is 2. The monoisotopic (exact) mass is 184 g/mol. The second-order valence-corrected chi connectivity index (χ2v) is 2.47. The predicted octanol–water partition coefficient (Wildman–Crippen LogP) is -0.587. The number of rotatable bonds is 2. The van der Waals surface area contributed by atoms with Crippen LogP contribution in [-0.4, -0.2) is 23.7 Å². The maximum atomic E-state index is 11.5. The molecule has 0 spiro atoms. The maximum Gasteiger partial charge on any atom is 0.300 e. The Kier molecular flexibility index (Phi) is 2.41. The topological polar surface area (TPSA) is 82.2 Å². The molecular formula is C7H12N4O2. The average Bonchev–Trinajstić information content (AvgIpc) is 2.12. The molecule has 0 radical (unpaired) electrons. The Bertz CT molecular complexity index is 371. The van der Waals surface area contributed by atoms with Crippen LogP contribution in [0.5, 0.6) is 6.01 Å². The Labute approximate surface area is 75.3 Å². The summed E-state index contributed by atoms with van der Waals surface area (Å²) in [5.41, 5.74) is 5.53. The lowest BCUT2D eigenvalue weighted by molar-refractivity contribution is 0.358. The zero-order chi connectivity index (χ0) is 10.0. The van der Waals surface area contributed by atoms with Crippen molar-refractivity contribution in [3.63, 3.8) is 0 Å². The number of methoxy groups -OCH3 is 1. The molecule has 0 aromatic carbocycles. The van der Waals surface area contributed by atoms with Crippen LogP contribution in [0.2, 0.25) is 0 Å². The number of nitrogens with one attached hydrogen (secondary N) is 1. The van der Waals surface area contributed by atoms with Gasteiger partial charge in [0.05, 0.1) is 7.11 Å². The molecule has 72 valence electrons. The summed E-state index contributed by atoms with van der Waals surface area (Å²) >= 11 is 0. The standard InChI is InChI=1S/C7H12N4O2/c1-9-4-5(8)10-7(13-3)11(2)6(4)12/h9H,8H2,1-3H3. The van der Waals surface area contributed by atoms with Gasteiger partial charge in [0.15, 0.2) is 5.82 Å². The van der Waals surface area contributed by atoms with E-state index in [0.717, 1.165) is 0 Å². The highest BCUT2D eigenvalue weighted by atomic mass is 16.5. The van der Waals surface area contributed by atoms with Gasteiger partial charge in [0.2, 0.25) is 0 Å². The van der Waals surface area contributed by atoms with E-state index in [1.165, 1.54) is 11.7 Å². The second kappa shape index (κ2) is 3.34. The average molecular weight is 184 g/mol. The van der Waals surface area contributed by atoms with Gasteiger partial charge in [0, 0.05) is 14.1 Å². The molecular weight excluding hydrogens is 172 g/mol. The van der Waals surface area contributed by atoms with E-state index in [2.05, 4.69) is 10.3 Å². The molecule has 0 aliphatic rings. The minimum absolute atomic E-state index is 0.141. The van der Waals surface area contributed by atoms with Crippen LogP contribution in [0.4, 0.5) is 11.5 Å². The fourth-order valence-corrected chi connectivity index (χ4v) is 1.02. The number of hydrogen-bond donors (Lipinski definition) is 2. The van der Waals surface area contributed by atoms with Crippen LogP contribution >= 0.6 is 0 Å². The summed E-state index contributed by atoms with van der Waals surface area (Å²) in [5.74, 6) is 0.141. The summed E-state index contributed by atoms with van der Waals surface area (Å²) in [7, 11) is 4.61. The highest BCUT2D eigenvalue weighted by Gasteiger charge is 2.10. The smallest absolute Gasteiger partial charge is 0.300 e. The Balaban J connectivity index is 3.46. The molecule has 0 aliphatic heterocycles. The molecule has 1 heterocycles. The zero-order valence-electron chi connectivity index (χ0n) is 7.79. The molecule has 0 atom stereocenters. The summed E-state index contributed by atoms with van der Waals surface area (Å²) < 4.78 is 6.13. The SMILES string of the molecule is CNc1c(N)nc(OC)n(C)c1=O. The fraction of sp³-hybridized carbons (Fsp3) is 0.429. The summed E-state index contributed by atoms with van der Waals surface area (Å²) in [5, 5.41) is 2.68. The third-order valence-electron chi connectivity index (χ3n) is 1.71. The molecule has 0 aliphatic carbocycles. The van der Waals surface area contributed by atoms with E-state index in [-0.39, 0.29) is 23.1 Å². The van der Waals surface area contributed by atoms with Gasteiger partial charge < -0.3 is 15.8 Å². The van der Waals surface area contributed by atoms with Gasteiger partial charge in [-0.3, -0.25) is 9.36 Å². The second-order valence-electron chi connectivity index (χ2n) is 2.47. The molecule has 0 unspecified atom stereocenters. The Morgan fingerprint density at radius 1 is 1.62 bits per heavy atom. The van der Waals surface area contributed by atoms with E-state index >= 15 is 0 Å². The predicted molar refractivity (Wildman–Crippen MR) is 50.0 cm³/mol. The largest absolute Gasteiger partial charge is 0.468 e. The van der Waals surface area contributed by atoms with Gasteiger partial charge in [0.1, 0.15) is 5.69 Å². The van der Waals surface area contributed by atoms with Crippen LogP contribution in [0.3, 0.4) is 0 Å². The van der Waals surface area contributed by atoms with Gasteiger partial charge in [-0.05, 0) is 0 Å². The number of hydrogen-bond acceptors (Lipinski definition) is 5. The lowest BCUT2D eigenvalue weighted by Crippen LogP contribution is -2.24. The van der Waals surface area contributed by atoms with Crippen LogP contribution in [0.25, 0.3) is 0 Å². The molecule has 13 heavy (non-hydrogen) atoms. The molecule has 0 fully saturated rings. The van der Waals surface area contributed by atoms with Crippen LogP contribution in [0.1, 0.15) is 0 Å². The van der Waals surface area contributed by atoms with Crippen LogP contribution in [-0.2, 0) is 7.05 Å². The third kappa shape index (κ3) is 1.42. The van der Waals surface area contributed by atoms with Gasteiger partial charge in [-0.25, -0.2) is 0 Å². The summed E-state index contributed by atoms with van der Waals surface area (Å²) in [6.45, 7) is 0. The van der Waals surface area contributed by atoms with E-state index in [9.17, 15) is 4.79 Å². The molecule has 0 saturated carbocycles. The van der Waals surface area contributed by atoms with Crippen LogP contribution < -0.4 is 21.3 Å². The number of nitrogen functional groups attached to an aromatic ring is 1. The normalized spacial score (nSPS) is 9.77. The molecule has 1 aromatic heterocycles. The van der Waals surface area contributed by atoms with Gasteiger partial charge >= 0.3 is 6.01 Å². The van der Waals surface area contributed by atoms with Gasteiger partial charge in [0.25, 0.3) is 5.56 Å². The van der Waals surface area contributed by atoms with E-state index < -0.39 is 0 Å². The fourth-order valence-electron chi connectivity index (χ4n) is 1.02. The first-order valence-corrected chi connectivity index (χ1v) is 3.70. The van der Waals surface area contributed by atoms with Crippen LogP contribution in [0, 0.1) is 0 Å². The highest BCUT2D eigenvalue weighted by molar-refractivity contribution is 5.60. The van der Waals surface area contributed by atoms with E-state index in [1.807, 2.05) is 0 Å². The van der Waals surface area contributed by atoms with Gasteiger partial charge in [-0.2, -0.15) is 4.98 Å². The molecule has 3 N–H and O–H groups in total. The minimum atomic E-state index is -0.258.